The molecule has 124 valence electrons. The van der Waals surface area contributed by atoms with Crippen molar-refractivity contribution in [2.75, 3.05) is 18.6 Å². The van der Waals surface area contributed by atoms with Crippen molar-refractivity contribution >= 4 is 23.6 Å². The van der Waals surface area contributed by atoms with E-state index in [1.165, 1.54) is 11.8 Å². The van der Waals surface area contributed by atoms with Crippen LogP contribution in [-0.2, 0) is 9.59 Å². The lowest BCUT2D eigenvalue weighted by Gasteiger charge is -2.25. The Bertz CT molecular complexity index is 342. The zero-order chi connectivity index (χ0) is 16.6. The summed E-state index contributed by atoms with van der Waals surface area (Å²) in [5.74, 6) is -2.03. The number of nitrogens with one attached hydrogen (secondary N) is 1. The molecule has 0 aliphatic rings. The van der Waals surface area contributed by atoms with Crippen LogP contribution < -0.4 is 5.32 Å². The van der Waals surface area contributed by atoms with Gasteiger partial charge in [-0.1, -0.05) is 0 Å². The molecule has 0 radical (unpaired) electrons. The van der Waals surface area contributed by atoms with Crippen LogP contribution in [0.2, 0.25) is 0 Å². The third kappa shape index (κ3) is 6.59. The average Bonchev–Trinajstić information content (AvgIpc) is 2.47. The Morgan fingerprint density at radius 1 is 1.14 bits per heavy atom. The Morgan fingerprint density at radius 3 is 2.14 bits per heavy atom. The van der Waals surface area contributed by atoms with E-state index in [1.54, 1.807) is 6.26 Å². The standard InChI is InChI=1S/C11H21NO8S/c1-21-3-2-5(11(19)20)12-10(18)9(17)8(16)7(15)6(14)4-13/h5-9,13-17H,2-4H2,1H3,(H,12,18)(H,19,20)/t5-,6+,7+,8+,9-/m0/s1. The summed E-state index contributed by atoms with van der Waals surface area (Å²) in [6, 6.07) is -1.24. The second kappa shape index (κ2) is 9.92. The average molecular weight is 327 g/mol. The molecule has 7 N–H and O–H groups in total. The van der Waals surface area contributed by atoms with Crippen LogP contribution >= 0.6 is 11.8 Å². The van der Waals surface area contributed by atoms with E-state index in [9.17, 15) is 24.9 Å². The van der Waals surface area contributed by atoms with Crippen LogP contribution in [0.25, 0.3) is 0 Å². The maximum Gasteiger partial charge on any atom is 0.326 e. The van der Waals surface area contributed by atoms with Gasteiger partial charge >= 0.3 is 5.97 Å². The summed E-state index contributed by atoms with van der Waals surface area (Å²) >= 11 is 1.37. The molecule has 0 fully saturated rings. The van der Waals surface area contributed by atoms with Crippen molar-refractivity contribution in [2.24, 2.45) is 0 Å². The molecular weight excluding hydrogens is 306 g/mol. The summed E-state index contributed by atoms with van der Waals surface area (Å²) in [7, 11) is 0. The fraction of sp³-hybridized carbons (Fsp3) is 0.818. The molecule has 0 saturated heterocycles. The first-order valence-corrected chi connectivity index (χ1v) is 7.50. The van der Waals surface area contributed by atoms with Crippen molar-refractivity contribution in [1.82, 2.24) is 5.32 Å². The number of hydrogen-bond acceptors (Lipinski definition) is 8. The van der Waals surface area contributed by atoms with E-state index in [0.29, 0.717) is 5.75 Å². The molecule has 0 saturated carbocycles. The summed E-state index contributed by atoms with van der Waals surface area (Å²) in [6.07, 6.45) is -6.03. The molecule has 5 atom stereocenters. The molecule has 0 bridgehead atoms. The summed E-state index contributed by atoms with van der Waals surface area (Å²) in [4.78, 5) is 22.6. The highest BCUT2D eigenvalue weighted by molar-refractivity contribution is 7.98. The van der Waals surface area contributed by atoms with E-state index in [1.807, 2.05) is 5.32 Å². The van der Waals surface area contributed by atoms with Gasteiger partial charge in [0.1, 0.15) is 24.4 Å². The van der Waals surface area contributed by atoms with Crippen LogP contribution in [0.1, 0.15) is 6.42 Å². The lowest BCUT2D eigenvalue weighted by atomic mass is 10.0. The molecule has 0 aromatic heterocycles. The second-order valence-electron chi connectivity index (χ2n) is 4.36. The van der Waals surface area contributed by atoms with Gasteiger partial charge in [-0.25, -0.2) is 4.79 Å². The predicted octanol–water partition coefficient (Wildman–Crippen LogP) is -3.26. The maximum absolute atomic E-state index is 11.6. The highest BCUT2D eigenvalue weighted by Crippen LogP contribution is 2.07. The SMILES string of the molecule is CSCC[C@H](NC(=O)[C@@H](O)[C@H](O)[C@H](O)[C@H](O)CO)C(=O)O. The number of aliphatic carboxylic acids is 1. The highest BCUT2D eigenvalue weighted by Gasteiger charge is 2.35. The molecule has 0 unspecified atom stereocenters. The quantitative estimate of drug-likeness (QED) is 0.218. The zero-order valence-electron chi connectivity index (χ0n) is 11.4. The lowest BCUT2D eigenvalue weighted by molar-refractivity contribution is -0.153. The Balaban J connectivity index is 4.64. The number of carboxylic acids is 1. The van der Waals surface area contributed by atoms with Crippen molar-refractivity contribution in [1.29, 1.82) is 0 Å². The van der Waals surface area contributed by atoms with Crippen LogP contribution in [-0.4, -0.2) is 91.6 Å². The number of rotatable bonds is 10. The van der Waals surface area contributed by atoms with Crippen molar-refractivity contribution in [2.45, 2.75) is 36.9 Å². The minimum Gasteiger partial charge on any atom is -0.480 e. The third-order valence-electron chi connectivity index (χ3n) is 2.75. The minimum absolute atomic E-state index is 0.118. The minimum atomic E-state index is -2.14. The topological polar surface area (TPSA) is 168 Å². The van der Waals surface area contributed by atoms with Crippen LogP contribution in [0, 0.1) is 0 Å². The maximum atomic E-state index is 11.6. The van der Waals surface area contributed by atoms with E-state index in [4.69, 9.17) is 15.3 Å². The monoisotopic (exact) mass is 327 g/mol. The van der Waals surface area contributed by atoms with Gasteiger partial charge in [-0.3, -0.25) is 4.79 Å². The summed E-state index contributed by atoms with van der Waals surface area (Å²) in [5, 5.41) is 57.1. The Labute approximate surface area is 125 Å². The number of aliphatic hydroxyl groups is 5. The van der Waals surface area contributed by atoms with Gasteiger partial charge in [0.15, 0.2) is 6.10 Å². The molecule has 9 nitrogen and oxygen atoms in total. The van der Waals surface area contributed by atoms with Crippen LogP contribution in [0.3, 0.4) is 0 Å². The van der Waals surface area contributed by atoms with Gasteiger partial charge in [0.05, 0.1) is 6.61 Å². The largest absolute Gasteiger partial charge is 0.480 e. The van der Waals surface area contributed by atoms with Gasteiger partial charge in [-0.2, -0.15) is 11.8 Å². The molecule has 0 heterocycles. The van der Waals surface area contributed by atoms with Crippen LogP contribution in [0.15, 0.2) is 0 Å². The van der Waals surface area contributed by atoms with Crippen LogP contribution in [0.4, 0.5) is 0 Å². The first kappa shape index (κ1) is 20.1. The number of carbonyl (C=O) groups is 2. The first-order valence-electron chi connectivity index (χ1n) is 6.11. The molecule has 0 aromatic carbocycles. The molecular formula is C11H21NO8S. The van der Waals surface area contributed by atoms with Gasteiger partial charge < -0.3 is 36.0 Å². The van der Waals surface area contributed by atoms with E-state index >= 15 is 0 Å². The van der Waals surface area contributed by atoms with Gasteiger partial charge in [-0.05, 0) is 18.4 Å². The number of hydrogen-bond donors (Lipinski definition) is 7. The van der Waals surface area contributed by atoms with Crippen molar-refractivity contribution in [3.63, 3.8) is 0 Å². The smallest absolute Gasteiger partial charge is 0.326 e. The van der Waals surface area contributed by atoms with E-state index in [0.717, 1.165) is 0 Å². The fourth-order valence-corrected chi connectivity index (χ4v) is 1.90. The molecule has 0 spiro atoms. The number of amides is 1. The van der Waals surface area contributed by atoms with Gasteiger partial charge in [0.25, 0.3) is 5.91 Å². The Morgan fingerprint density at radius 2 is 1.71 bits per heavy atom. The van der Waals surface area contributed by atoms with Crippen molar-refractivity contribution < 1.29 is 40.2 Å². The van der Waals surface area contributed by atoms with E-state index < -0.39 is 48.9 Å². The number of carboxylic acid groups (broad SMARTS) is 1. The number of thioether (sulfide) groups is 1. The predicted molar refractivity (Wildman–Crippen MR) is 73.7 cm³/mol. The van der Waals surface area contributed by atoms with Crippen molar-refractivity contribution in [3.8, 4) is 0 Å². The van der Waals surface area contributed by atoms with Crippen molar-refractivity contribution in [3.05, 3.63) is 0 Å². The summed E-state index contributed by atoms with van der Waals surface area (Å²) < 4.78 is 0. The molecule has 10 heteroatoms. The number of aliphatic hydroxyl groups excluding tert-OH is 5. The Hall–Kier alpha value is -0.910. The summed E-state index contributed by atoms with van der Waals surface area (Å²) in [6.45, 7) is -0.877. The second-order valence-corrected chi connectivity index (χ2v) is 5.34. The van der Waals surface area contributed by atoms with Gasteiger partial charge in [-0.15, -0.1) is 0 Å². The van der Waals surface area contributed by atoms with Gasteiger partial charge in [0.2, 0.25) is 0 Å². The molecule has 0 aromatic rings. The normalized spacial score (nSPS) is 18.4. The Kier molecular flexibility index (Phi) is 9.49. The summed E-state index contributed by atoms with van der Waals surface area (Å²) in [5.41, 5.74) is 0. The number of carbonyl (C=O) groups excluding carboxylic acids is 1. The highest BCUT2D eigenvalue weighted by atomic mass is 32.2. The first-order chi connectivity index (χ1) is 9.76. The molecule has 0 aliphatic carbocycles. The molecule has 0 aliphatic heterocycles. The fourth-order valence-electron chi connectivity index (χ4n) is 1.43. The molecule has 0 rings (SSSR count). The lowest BCUT2D eigenvalue weighted by Crippen LogP contribution is -2.54. The molecule has 1 amide bonds. The van der Waals surface area contributed by atoms with Gasteiger partial charge in [0, 0.05) is 0 Å². The zero-order valence-corrected chi connectivity index (χ0v) is 12.2. The third-order valence-corrected chi connectivity index (χ3v) is 3.39. The van der Waals surface area contributed by atoms with Crippen LogP contribution in [0.5, 0.6) is 0 Å². The van der Waals surface area contributed by atoms with E-state index in [-0.39, 0.29) is 6.42 Å². The van der Waals surface area contributed by atoms with E-state index in [2.05, 4.69) is 0 Å². The molecule has 21 heavy (non-hydrogen) atoms.